The van der Waals surface area contributed by atoms with E-state index in [1.54, 1.807) is 0 Å². The van der Waals surface area contributed by atoms with Crippen LogP contribution in [0.15, 0.2) is 66.7 Å². The number of aliphatic hydroxyl groups excluding tert-OH is 1. The van der Waals surface area contributed by atoms with Gasteiger partial charge in [-0.3, -0.25) is 0 Å². The Morgan fingerprint density at radius 3 is 2.18 bits per heavy atom. The molecule has 0 unspecified atom stereocenters. The van der Waals surface area contributed by atoms with Crippen molar-refractivity contribution in [3.63, 3.8) is 0 Å². The van der Waals surface area contributed by atoms with Crippen LogP contribution in [0.25, 0.3) is 20.9 Å². The maximum Gasteiger partial charge on any atom is 0.0684 e. The van der Waals surface area contributed by atoms with Crippen molar-refractivity contribution in [3.8, 4) is 0 Å². The predicted octanol–water partition coefficient (Wildman–Crippen LogP) is 5.14. The average molecular weight is 304 g/mol. The summed E-state index contributed by atoms with van der Waals surface area (Å²) >= 11 is 1.84. The molecule has 1 nitrogen and oxygen atoms in total. The van der Waals surface area contributed by atoms with E-state index < -0.39 is 0 Å². The first kappa shape index (κ1) is 13.5. The van der Waals surface area contributed by atoms with Crippen LogP contribution in [0.2, 0.25) is 0 Å². The van der Waals surface area contributed by atoms with E-state index in [1.807, 2.05) is 29.5 Å². The molecule has 3 aromatic carbocycles. The fourth-order valence-electron chi connectivity index (χ4n) is 2.94. The lowest BCUT2D eigenvalue weighted by molar-refractivity contribution is 0.281. The quantitative estimate of drug-likeness (QED) is 0.556. The van der Waals surface area contributed by atoms with Crippen LogP contribution in [0.5, 0.6) is 0 Å². The zero-order valence-corrected chi connectivity index (χ0v) is 12.9. The van der Waals surface area contributed by atoms with E-state index in [0.717, 1.165) is 12.0 Å². The first-order valence-electron chi connectivity index (χ1n) is 7.42. The summed E-state index contributed by atoms with van der Waals surface area (Å²) in [5.41, 5.74) is 2.23. The fraction of sp³-hybridized carbons (Fsp3) is 0.100. The maximum atomic E-state index is 9.47. The normalized spacial score (nSPS) is 11.3. The molecule has 1 aromatic heterocycles. The molecule has 0 amide bonds. The number of fused-ring (bicyclic) bond motifs is 2. The van der Waals surface area contributed by atoms with E-state index >= 15 is 0 Å². The van der Waals surface area contributed by atoms with Crippen molar-refractivity contribution >= 4 is 32.2 Å². The number of rotatable bonds is 3. The molecular formula is C20H16OS. The molecule has 1 heterocycles. The van der Waals surface area contributed by atoms with Crippen LogP contribution in [0.4, 0.5) is 0 Å². The first-order chi connectivity index (χ1) is 10.8. The second-order valence-corrected chi connectivity index (χ2v) is 6.72. The van der Waals surface area contributed by atoms with Gasteiger partial charge in [0.1, 0.15) is 0 Å². The molecule has 0 radical (unpaired) electrons. The van der Waals surface area contributed by atoms with E-state index in [-0.39, 0.29) is 6.61 Å². The predicted molar refractivity (Wildman–Crippen MR) is 94.5 cm³/mol. The number of hydrogen-bond acceptors (Lipinski definition) is 2. The Hall–Kier alpha value is -2.16. The van der Waals surface area contributed by atoms with Crippen molar-refractivity contribution in [2.24, 2.45) is 0 Å². The monoisotopic (exact) mass is 304 g/mol. The van der Waals surface area contributed by atoms with Crippen molar-refractivity contribution < 1.29 is 5.11 Å². The van der Waals surface area contributed by atoms with Crippen LogP contribution in [-0.2, 0) is 13.0 Å². The zero-order valence-electron chi connectivity index (χ0n) is 12.1. The van der Waals surface area contributed by atoms with Crippen LogP contribution in [0.3, 0.4) is 0 Å². The highest BCUT2D eigenvalue weighted by molar-refractivity contribution is 7.19. The molecule has 4 rings (SSSR count). The molecule has 0 saturated heterocycles. The highest BCUT2D eigenvalue weighted by Gasteiger charge is 2.07. The molecule has 0 atom stereocenters. The van der Waals surface area contributed by atoms with Crippen LogP contribution in [0.1, 0.15) is 16.0 Å². The van der Waals surface area contributed by atoms with Gasteiger partial charge < -0.3 is 5.11 Å². The number of hydrogen-bond donors (Lipinski definition) is 1. The lowest BCUT2D eigenvalue weighted by atomic mass is 10.0. The Morgan fingerprint density at radius 1 is 0.727 bits per heavy atom. The molecule has 0 bridgehead atoms. The Labute approximate surface area is 133 Å². The molecule has 0 spiro atoms. The lowest BCUT2D eigenvalue weighted by Gasteiger charge is -2.04. The van der Waals surface area contributed by atoms with Crippen LogP contribution >= 0.6 is 11.3 Å². The van der Waals surface area contributed by atoms with Crippen molar-refractivity contribution in [1.82, 2.24) is 0 Å². The minimum absolute atomic E-state index is 0.102. The highest BCUT2D eigenvalue weighted by Crippen LogP contribution is 2.31. The Morgan fingerprint density at radius 2 is 1.41 bits per heavy atom. The smallest absolute Gasteiger partial charge is 0.0684 e. The van der Waals surface area contributed by atoms with E-state index in [4.69, 9.17) is 0 Å². The van der Waals surface area contributed by atoms with E-state index in [2.05, 4.69) is 48.5 Å². The Bertz CT molecular complexity index is 900. The molecule has 108 valence electrons. The molecule has 0 aliphatic rings. The van der Waals surface area contributed by atoms with Gasteiger partial charge in [0, 0.05) is 16.0 Å². The van der Waals surface area contributed by atoms with Crippen molar-refractivity contribution in [3.05, 3.63) is 82.7 Å². The Kier molecular flexibility index (Phi) is 3.41. The molecular weight excluding hydrogens is 288 g/mol. The van der Waals surface area contributed by atoms with Crippen molar-refractivity contribution in [2.45, 2.75) is 13.0 Å². The standard InChI is InChI=1S/C20H16OS/c21-13-17-8-4-3-6-15(17)10-19-11-18-9-14-5-1-2-7-16(14)12-20(18)22-19/h1-9,11-12,21H,10,13H2. The molecule has 1 N–H and O–H groups in total. The van der Waals surface area contributed by atoms with Gasteiger partial charge in [-0.25, -0.2) is 0 Å². The fourth-order valence-corrected chi connectivity index (χ4v) is 4.06. The molecule has 4 aromatic rings. The van der Waals surface area contributed by atoms with Gasteiger partial charge in [0.15, 0.2) is 0 Å². The molecule has 0 aliphatic carbocycles. The molecule has 0 aliphatic heterocycles. The van der Waals surface area contributed by atoms with Gasteiger partial charge >= 0.3 is 0 Å². The van der Waals surface area contributed by atoms with Crippen molar-refractivity contribution in [1.29, 1.82) is 0 Å². The Balaban J connectivity index is 1.77. The highest BCUT2D eigenvalue weighted by atomic mass is 32.1. The van der Waals surface area contributed by atoms with Crippen LogP contribution in [-0.4, -0.2) is 5.11 Å². The zero-order chi connectivity index (χ0) is 14.9. The summed E-state index contributed by atoms with van der Waals surface area (Å²) in [7, 11) is 0. The molecule has 2 heteroatoms. The lowest BCUT2D eigenvalue weighted by Crippen LogP contribution is -1.93. The summed E-state index contributed by atoms with van der Waals surface area (Å²) < 4.78 is 1.33. The number of benzene rings is 3. The summed E-state index contributed by atoms with van der Waals surface area (Å²) in [5, 5.41) is 13.4. The van der Waals surface area contributed by atoms with Gasteiger partial charge in [-0.2, -0.15) is 0 Å². The first-order valence-corrected chi connectivity index (χ1v) is 8.24. The SMILES string of the molecule is OCc1ccccc1Cc1cc2cc3ccccc3cc2s1. The van der Waals surface area contributed by atoms with Crippen LogP contribution in [0, 0.1) is 0 Å². The van der Waals surface area contributed by atoms with Gasteiger partial charge in [0.05, 0.1) is 6.61 Å². The van der Waals surface area contributed by atoms with Gasteiger partial charge in [0.25, 0.3) is 0 Å². The van der Waals surface area contributed by atoms with E-state index in [1.165, 1.54) is 31.3 Å². The largest absolute Gasteiger partial charge is 0.392 e. The summed E-state index contributed by atoms with van der Waals surface area (Å²) in [6, 6.07) is 23.4. The third kappa shape index (κ3) is 2.41. The summed E-state index contributed by atoms with van der Waals surface area (Å²) in [5.74, 6) is 0. The second kappa shape index (κ2) is 5.56. The molecule has 0 saturated carbocycles. The maximum absolute atomic E-state index is 9.47. The summed E-state index contributed by atoms with van der Waals surface area (Å²) in [4.78, 5) is 1.34. The molecule has 0 fully saturated rings. The second-order valence-electron chi connectivity index (χ2n) is 5.55. The van der Waals surface area contributed by atoms with E-state index in [0.29, 0.717) is 0 Å². The van der Waals surface area contributed by atoms with Crippen molar-refractivity contribution in [2.75, 3.05) is 0 Å². The number of thiophene rings is 1. The van der Waals surface area contributed by atoms with E-state index in [9.17, 15) is 5.11 Å². The molecule has 22 heavy (non-hydrogen) atoms. The topological polar surface area (TPSA) is 20.2 Å². The minimum Gasteiger partial charge on any atom is -0.392 e. The van der Waals surface area contributed by atoms with Crippen LogP contribution < -0.4 is 0 Å². The number of aliphatic hydroxyl groups is 1. The average Bonchev–Trinajstić information content (AvgIpc) is 2.94. The van der Waals surface area contributed by atoms with Gasteiger partial charge in [-0.05, 0) is 45.5 Å². The minimum atomic E-state index is 0.102. The summed E-state index contributed by atoms with van der Waals surface area (Å²) in [6.45, 7) is 0.102. The van der Waals surface area contributed by atoms with Gasteiger partial charge in [-0.1, -0.05) is 48.5 Å². The third-order valence-corrected chi connectivity index (χ3v) is 5.19. The van der Waals surface area contributed by atoms with Gasteiger partial charge in [-0.15, -0.1) is 11.3 Å². The summed E-state index contributed by atoms with van der Waals surface area (Å²) in [6.07, 6.45) is 0.881. The van der Waals surface area contributed by atoms with Gasteiger partial charge in [0.2, 0.25) is 0 Å². The third-order valence-electron chi connectivity index (χ3n) is 4.09.